The molecule has 1 fully saturated rings. The molecule has 21 heavy (non-hydrogen) atoms. The minimum absolute atomic E-state index is 0.676. The number of aryl methyl sites for hydroxylation is 1. The fourth-order valence-corrected chi connectivity index (χ4v) is 2.91. The third kappa shape index (κ3) is 3.64. The molecule has 0 saturated heterocycles. The molecule has 0 aliphatic heterocycles. The van der Waals surface area contributed by atoms with Gasteiger partial charge in [-0.25, -0.2) is 0 Å². The maximum atomic E-state index is 5.20. The zero-order valence-electron chi connectivity index (χ0n) is 12.5. The van der Waals surface area contributed by atoms with Crippen molar-refractivity contribution in [2.45, 2.75) is 37.8 Å². The second-order valence-electron chi connectivity index (χ2n) is 5.72. The van der Waals surface area contributed by atoms with Crippen LogP contribution < -0.4 is 10.1 Å². The molecule has 0 bridgehead atoms. The molecule has 1 aromatic carbocycles. The summed E-state index contributed by atoms with van der Waals surface area (Å²) in [4.78, 5) is 0. The van der Waals surface area contributed by atoms with E-state index in [2.05, 4.69) is 34.7 Å². The van der Waals surface area contributed by atoms with Crippen molar-refractivity contribution in [2.75, 3.05) is 13.7 Å². The average Bonchev–Trinajstić information content (AvgIpc) is 2.99. The van der Waals surface area contributed by atoms with Crippen LogP contribution in [0.1, 0.15) is 30.7 Å². The second-order valence-corrected chi connectivity index (χ2v) is 5.72. The molecule has 1 N–H and O–H groups in total. The van der Waals surface area contributed by atoms with E-state index in [0.29, 0.717) is 12.0 Å². The maximum Gasteiger partial charge on any atom is 0.118 e. The molecule has 0 amide bonds. The topological polar surface area (TPSA) is 39.1 Å². The van der Waals surface area contributed by atoms with Crippen LogP contribution >= 0.6 is 0 Å². The number of hydrogen-bond acceptors (Lipinski definition) is 3. The fraction of sp³-hybridized carbons (Fsp3) is 0.471. The van der Waals surface area contributed by atoms with Crippen LogP contribution in [0.3, 0.4) is 0 Å². The van der Waals surface area contributed by atoms with Gasteiger partial charge in [0.05, 0.1) is 7.11 Å². The van der Waals surface area contributed by atoms with Crippen LogP contribution in [0, 0.1) is 0 Å². The minimum Gasteiger partial charge on any atom is -0.497 e. The predicted octanol–water partition coefficient (Wildman–Crippen LogP) is 2.82. The Morgan fingerprint density at radius 1 is 1.29 bits per heavy atom. The van der Waals surface area contributed by atoms with Crippen molar-refractivity contribution in [3.05, 3.63) is 48.3 Å². The second kappa shape index (κ2) is 6.76. The Balaban J connectivity index is 1.33. The highest BCUT2D eigenvalue weighted by molar-refractivity contribution is 5.30. The minimum atomic E-state index is 0.676. The Bertz CT molecular complexity index is 530. The van der Waals surface area contributed by atoms with Gasteiger partial charge in [-0.3, -0.25) is 4.68 Å². The normalized spacial score (nSPS) is 21.0. The van der Waals surface area contributed by atoms with Crippen LogP contribution in [0.15, 0.2) is 42.7 Å². The number of aromatic nitrogens is 2. The summed E-state index contributed by atoms with van der Waals surface area (Å²) in [5.74, 6) is 1.64. The lowest BCUT2D eigenvalue weighted by atomic mass is 9.76. The van der Waals surface area contributed by atoms with Gasteiger partial charge < -0.3 is 10.1 Å². The molecule has 0 radical (unpaired) electrons. The SMILES string of the molecule is COc1ccc(C2CC(NCCCn3cccn3)C2)cc1. The van der Waals surface area contributed by atoms with Crippen molar-refractivity contribution in [1.82, 2.24) is 15.1 Å². The average molecular weight is 285 g/mol. The van der Waals surface area contributed by atoms with Crippen molar-refractivity contribution in [3.8, 4) is 5.75 Å². The van der Waals surface area contributed by atoms with Crippen molar-refractivity contribution in [3.63, 3.8) is 0 Å². The van der Waals surface area contributed by atoms with Crippen LogP contribution in [0.2, 0.25) is 0 Å². The Morgan fingerprint density at radius 3 is 2.76 bits per heavy atom. The number of benzene rings is 1. The van der Waals surface area contributed by atoms with Gasteiger partial charge in [0, 0.05) is 25.0 Å². The van der Waals surface area contributed by atoms with E-state index in [-0.39, 0.29) is 0 Å². The van der Waals surface area contributed by atoms with Gasteiger partial charge in [0.25, 0.3) is 0 Å². The van der Waals surface area contributed by atoms with E-state index in [1.807, 2.05) is 23.1 Å². The van der Waals surface area contributed by atoms with Crippen LogP contribution in [0.4, 0.5) is 0 Å². The number of rotatable bonds is 7. The highest BCUT2D eigenvalue weighted by atomic mass is 16.5. The first-order chi connectivity index (χ1) is 10.3. The molecule has 1 saturated carbocycles. The molecule has 4 heteroatoms. The lowest BCUT2D eigenvalue weighted by Crippen LogP contribution is -2.40. The number of methoxy groups -OCH3 is 1. The zero-order chi connectivity index (χ0) is 14.5. The molecule has 1 aliphatic carbocycles. The highest BCUT2D eigenvalue weighted by Crippen LogP contribution is 2.37. The van der Waals surface area contributed by atoms with Gasteiger partial charge in [-0.2, -0.15) is 5.10 Å². The van der Waals surface area contributed by atoms with Gasteiger partial charge in [0.15, 0.2) is 0 Å². The van der Waals surface area contributed by atoms with Crippen LogP contribution in [0.5, 0.6) is 5.75 Å². The molecular weight excluding hydrogens is 262 g/mol. The fourth-order valence-electron chi connectivity index (χ4n) is 2.91. The van der Waals surface area contributed by atoms with Gasteiger partial charge in [-0.1, -0.05) is 12.1 Å². The van der Waals surface area contributed by atoms with E-state index in [1.165, 1.54) is 18.4 Å². The Kier molecular flexibility index (Phi) is 4.55. The molecule has 1 heterocycles. The van der Waals surface area contributed by atoms with Crippen molar-refractivity contribution in [1.29, 1.82) is 0 Å². The molecular formula is C17H23N3O. The maximum absolute atomic E-state index is 5.20. The van der Waals surface area contributed by atoms with Gasteiger partial charge in [0.2, 0.25) is 0 Å². The number of nitrogens with one attached hydrogen (secondary N) is 1. The summed E-state index contributed by atoms with van der Waals surface area (Å²) in [6, 6.07) is 11.1. The monoisotopic (exact) mass is 285 g/mol. The smallest absolute Gasteiger partial charge is 0.118 e. The molecule has 0 spiro atoms. The van der Waals surface area contributed by atoms with E-state index >= 15 is 0 Å². The van der Waals surface area contributed by atoms with Gasteiger partial charge in [-0.05, 0) is 55.5 Å². The van der Waals surface area contributed by atoms with E-state index in [1.54, 1.807) is 7.11 Å². The third-order valence-corrected chi connectivity index (χ3v) is 4.28. The van der Waals surface area contributed by atoms with E-state index in [4.69, 9.17) is 4.74 Å². The van der Waals surface area contributed by atoms with E-state index in [9.17, 15) is 0 Å². The molecule has 4 nitrogen and oxygen atoms in total. The van der Waals surface area contributed by atoms with E-state index < -0.39 is 0 Å². The number of nitrogens with zero attached hydrogens (tertiary/aromatic N) is 2. The van der Waals surface area contributed by atoms with Gasteiger partial charge >= 0.3 is 0 Å². The van der Waals surface area contributed by atoms with Gasteiger partial charge in [-0.15, -0.1) is 0 Å². The summed E-state index contributed by atoms with van der Waals surface area (Å²) >= 11 is 0. The molecule has 0 atom stereocenters. The third-order valence-electron chi connectivity index (χ3n) is 4.28. The first-order valence-corrected chi connectivity index (χ1v) is 7.70. The summed E-state index contributed by atoms with van der Waals surface area (Å²) in [5, 5.41) is 7.85. The van der Waals surface area contributed by atoms with Gasteiger partial charge in [0.1, 0.15) is 5.75 Å². The lowest BCUT2D eigenvalue weighted by Gasteiger charge is -2.36. The summed E-state index contributed by atoms with van der Waals surface area (Å²) in [5.41, 5.74) is 1.44. The first-order valence-electron chi connectivity index (χ1n) is 7.70. The molecule has 3 rings (SSSR count). The van der Waals surface area contributed by atoms with Crippen LogP contribution in [-0.2, 0) is 6.54 Å². The Labute approximate surface area is 126 Å². The van der Waals surface area contributed by atoms with E-state index in [0.717, 1.165) is 25.3 Å². The highest BCUT2D eigenvalue weighted by Gasteiger charge is 2.29. The van der Waals surface area contributed by atoms with Crippen molar-refractivity contribution < 1.29 is 4.74 Å². The summed E-state index contributed by atoms with van der Waals surface area (Å²) in [6.07, 6.45) is 7.47. The summed E-state index contributed by atoms with van der Waals surface area (Å²) < 4.78 is 7.19. The number of ether oxygens (including phenoxy) is 1. The van der Waals surface area contributed by atoms with Crippen molar-refractivity contribution in [2.24, 2.45) is 0 Å². The Hall–Kier alpha value is -1.81. The van der Waals surface area contributed by atoms with Crippen LogP contribution in [-0.4, -0.2) is 29.5 Å². The summed E-state index contributed by atoms with van der Waals surface area (Å²) in [7, 11) is 1.71. The predicted molar refractivity (Wildman–Crippen MR) is 83.6 cm³/mol. The van der Waals surface area contributed by atoms with Crippen molar-refractivity contribution >= 4 is 0 Å². The molecule has 112 valence electrons. The first kappa shape index (κ1) is 14.1. The lowest BCUT2D eigenvalue weighted by molar-refractivity contribution is 0.288. The molecule has 1 aromatic heterocycles. The largest absolute Gasteiger partial charge is 0.497 e. The molecule has 0 unspecified atom stereocenters. The molecule has 2 aromatic rings. The van der Waals surface area contributed by atoms with Crippen LogP contribution in [0.25, 0.3) is 0 Å². The quantitative estimate of drug-likeness (QED) is 0.795. The number of hydrogen-bond donors (Lipinski definition) is 1. The standard InChI is InChI=1S/C17H23N3O/c1-21-17-6-4-14(5-7-17)15-12-16(13-15)18-8-2-10-20-11-3-9-19-20/h3-7,9,11,15-16,18H,2,8,10,12-13H2,1H3. The Morgan fingerprint density at radius 2 is 2.10 bits per heavy atom. The summed E-state index contributed by atoms with van der Waals surface area (Å²) in [6.45, 7) is 2.06. The zero-order valence-corrected chi connectivity index (χ0v) is 12.5. The molecule has 1 aliphatic rings.